The third-order valence-corrected chi connectivity index (χ3v) is 5.44. The molecule has 3 rings (SSSR count). The molecule has 1 unspecified atom stereocenters. The first-order valence-electron chi connectivity index (χ1n) is 9.32. The predicted octanol–water partition coefficient (Wildman–Crippen LogP) is 2.54. The SMILES string of the molecule is CNCC1CCN(C(=O)C2CCN(c3cc(C)cc(C)c3)C2=O)CC1.Cl. The quantitative estimate of drug-likeness (QED) is 0.818. The van der Waals surface area contributed by atoms with Crippen molar-refractivity contribution >= 4 is 29.9 Å². The summed E-state index contributed by atoms with van der Waals surface area (Å²) in [6.45, 7) is 7.26. The van der Waals surface area contributed by atoms with Crippen LogP contribution in [0.3, 0.4) is 0 Å². The number of anilines is 1. The molecule has 0 spiro atoms. The van der Waals surface area contributed by atoms with Crippen molar-refractivity contribution in [2.75, 3.05) is 38.1 Å². The van der Waals surface area contributed by atoms with Crippen molar-refractivity contribution in [1.29, 1.82) is 0 Å². The van der Waals surface area contributed by atoms with E-state index in [9.17, 15) is 9.59 Å². The standard InChI is InChI=1S/C20H29N3O2.ClH/c1-14-10-15(2)12-17(11-14)23-9-6-18(20(23)25)19(24)22-7-4-16(5-8-22)13-21-3;/h10-12,16,18,21H,4-9,13H2,1-3H3;1H. The molecule has 6 heteroatoms. The van der Waals surface area contributed by atoms with Crippen LogP contribution in [-0.2, 0) is 9.59 Å². The van der Waals surface area contributed by atoms with E-state index in [2.05, 4.69) is 11.4 Å². The minimum Gasteiger partial charge on any atom is -0.342 e. The number of piperidine rings is 1. The summed E-state index contributed by atoms with van der Waals surface area (Å²) in [7, 11) is 1.97. The molecule has 2 aliphatic heterocycles. The number of aryl methyl sites for hydroxylation is 2. The third kappa shape index (κ3) is 4.38. The van der Waals surface area contributed by atoms with Crippen molar-refractivity contribution in [1.82, 2.24) is 10.2 Å². The van der Waals surface area contributed by atoms with E-state index < -0.39 is 5.92 Å². The maximum Gasteiger partial charge on any atom is 0.239 e. The van der Waals surface area contributed by atoms with Crippen LogP contribution in [0.15, 0.2) is 18.2 Å². The Bertz CT molecular complexity index is 636. The van der Waals surface area contributed by atoms with Crippen LogP contribution in [0.25, 0.3) is 0 Å². The van der Waals surface area contributed by atoms with E-state index in [0.29, 0.717) is 18.9 Å². The smallest absolute Gasteiger partial charge is 0.239 e. The Morgan fingerprint density at radius 1 is 1.08 bits per heavy atom. The van der Waals surface area contributed by atoms with Crippen LogP contribution in [0.2, 0.25) is 0 Å². The summed E-state index contributed by atoms with van der Waals surface area (Å²) in [5, 5.41) is 3.21. The van der Waals surface area contributed by atoms with Gasteiger partial charge in [0.05, 0.1) is 0 Å². The van der Waals surface area contributed by atoms with Crippen LogP contribution in [0, 0.1) is 25.7 Å². The van der Waals surface area contributed by atoms with Crippen LogP contribution < -0.4 is 10.2 Å². The van der Waals surface area contributed by atoms with Gasteiger partial charge in [-0.15, -0.1) is 12.4 Å². The molecule has 0 aromatic heterocycles. The number of halogens is 1. The average molecular weight is 380 g/mol. The second-order valence-corrected chi connectivity index (χ2v) is 7.50. The van der Waals surface area contributed by atoms with E-state index in [4.69, 9.17) is 0 Å². The summed E-state index contributed by atoms with van der Waals surface area (Å²) in [6, 6.07) is 6.16. The Morgan fingerprint density at radius 3 is 2.27 bits per heavy atom. The molecule has 1 aromatic carbocycles. The second kappa shape index (κ2) is 8.87. The molecule has 26 heavy (non-hydrogen) atoms. The van der Waals surface area contributed by atoms with Crippen molar-refractivity contribution in [3.8, 4) is 0 Å². The Kier molecular flexibility index (Phi) is 7.07. The monoisotopic (exact) mass is 379 g/mol. The fourth-order valence-corrected chi connectivity index (χ4v) is 4.14. The molecule has 0 saturated carbocycles. The van der Waals surface area contributed by atoms with Crippen molar-refractivity contribution in [3.63, 3.8) is 0 Å². The first-order valence-corrected chi connectivity index (χ1v) is 9.32. The van der Waals surface area contributed by atoms with Gasteiger partial charge in [-0.3, -0.25) is 9.59 Å². The lowest BCUT2D eigenvalue weighted by Gasteiger charge is -2.33. The normalized spacial score (nSPS) is 21.0. The zero-order valence-electron chi connectivity index (χ0n) is 16.0. The molecule has 5 nitrogen and oxygen atoms in total. The highest BCUT2D eigenvalue weighted by Crippen LogP contribution is 2.29. The maximum atomic E-state index is 12.8. The molecular weight excluding hydrogens is 350 g/mol. The van der Waals surface area contributed by atoms with Gasteiger partial charge >= 0.3 is 0 Å². The van der Waals surface area contributed by atoms with Gasteiger partial charge in [0.2, 0.25) is 11.8 Å². The lowest BCUT2D eigenvalue weighted by molar-refractivity contribution is -0.141. The van der Waals surface area contributed by atoms with E-state index in [-0.39, 0.29) is 24.2 Å². The summed E-state index contributed by atoms with van der Waals surface area (Å²) >= 11 is 0. The van der Waals surface area contributed by atoms with Gasteiger partial charge < -0.3 is 15.1 Å². The summed E-state index contributed by atoms with van der Waals surface area (Å²) < 4.78 is 0. The topological polar surface area (TPSA) is 52.7 Å². The summed E-state index contributed by atoms with van der Waals surface area (Å²) in [4.78, 5) is 29.4. The molecule has 1 aromatic rings. The second-order valence-electron chi connectivity index (χ2n) is 7.50. The number of hydrogen-bond acceptors (Lipinski definition) is 3. The highest BCUT2D eigenvalue weighted by molar-refractivity contribution is 6.09. The highest BCUT2D eigenvalue weighted by Gasteiger charge is 2.40. The van der Waals surface area contributed by atoms with E-state index >= 15 is 0 Å². The number of hydrogen-bond donors (Lipinski definition) is 1. The van der Waals surface area contributed by atoms with E-state index in [1.807, 2.05) is 37.9 Å². The van der Waals surface area contributed by atoms with Gasteiger partial charge in [0, 0.05) is 25.3 Å². The first kappa shape index (κ1) is 20.7. The first-order chi connectivity index (χ1) is 12.0. The van der Waals surface area contributed by atoms with Crippen molar-refractivity contribution in [3.05, 3.63) is 29.3 Å². The molecule has 0 aliphatic carbocycles. The number of carbonyl (C=O) groups is 2. The van der Waals surface area contributed by atoms with E-state index in [1.165, 1.54) is 0 Å². The lowest BCUT2D eigenvalue weighted by atomic mass is 9.95. The summed E-state index contributed by atoms with van der Waals surface area (Å²) in [6.07, 6.45) is 2.67. The Labute approximate surface area is 162 Å². The maximum absolute atomic E-state index is 12.8. The van der Waals surface area contributed by atoms with E-state index in [1.54, 1.807) is 4.90 Å². The average Bonchev–Trinajstić information content (AvgIpc) is 2.96. The number of likely N-dealkylation sites (tertiary alicyclic amines) is 1. The Balaban J connectivity index is 0.00000243. The molecule has 2 saturated heterocycles. The molecular formula is C20H30ClN3O2. The molecule has 1 atom stereocenters. The minimum atomic E-state index is -0.498. The van der Waals surface area contributed by atoms with Gasteiger partial charge in [-0.25, -0.2) is 0 Å². The number of rotatable bonds is 4. The van der Waals surface area contributed by atoms with Gasteiger partial charge in [-0.05, 0) is 75.9 Å². The predicted molar refractivity (Wildman–Crippen MR) is 107 cm³/mol. The summed E-state index contributed by atoms with van der Waals surface area (Å²) in [5.74, 6) is 0.133. The van der Waals surface area contributed by atoms with Gasteiger partial charge in [0.15, 0.2) is 0 Å². The zero-order valence-corrected chi connectivity index (χ0v) is 16.8. The van der Waals surface area contributed by atoms with Crippen molar-refractivity contribution < 1.29 is 9.59 Å². The van der Waals surface area contributed by atoms with Gasteiger partial charge in [0.1, 0.15) is 5.92 Å². The Hall–Kier alpha value is -1.59. The molecule has 2 amide bonds. The molecule has 1 N–H and O–H groups in total. The van der Waals surface area contributed by atoms with E-state index in [0.717, 1.165) is 49.3 Å². The number of nitrogens with zero attached hydrogens (tertiary/aromatic N) is 2. The van der Waals surface area contributed by atoms with Crippen molar-refractivity contribution in [2.24, 2.45) is 11.8 Å². The van der Waals surface area contributed by atoms with Crippen LogP contribution >= 0.6 is 12.4 Å². The van der Waals surface area contributed by atoms with Gasteiger partial charge in [0.25, 0.3) is 0 Å². The number of nitrogens with one attached hydrogen (secondary N) is 1. The number of amides is 2. The van der Waals surface area contributed by atoms with Gasteiger partial charge in [-0.2, -0.15) is 0 Å². The van der Waals surface area contributed by atoms with Crippen LogP contribution in [0.5, 0.6) is 0 Å². The number of benzene rings is 1. The molecule has 144 valence electrons. The minimum absolute atomic E-state index is 0. The third-order valence-electron chi connectivity index (χ3n) is 5.44. The Morgan fingerprint density at radius 2 is 1.69 bits per heavy atom. The molecule has 2 fully saturated rings. The van der Waals surface area contributed by atoms with Crippen LogP contribution in [-0.4, -0.2) is 49.9 Å². The fraction of sp³-hybridized carbons (Fsp3) is 0.600. The number of carbonyl (C=O) groups excluding carboxylic acids is 2. The lowest BCUT2D eigenvalue weighted by Crippen LogP contribution is -2.45. The molecule has 0 radical (unpaired) electrons. The summed E-state index contributed by atoms with van der Waals surface area (Å²) in [5.41, 5.74) is 3.21. The highest BCUT2D eigenvalue weighted by atomic mass is 35.5. The van der Waals surface area contributed by atoms with Gasteiger partial charge in [-0.1, -0.05) is 6.07 Å². The molecule has 2 aliphatic rings. The van der Waals surface area contributed by atoms with Crippen molar-refractivity contribution in [2.45, 2.75) is 33.1 Å². The fourth-order valence-electron chi connectivity index (χ4n) is 4.14. The van der Waals surface area contributed by atoms with Crippen LogP contribution in [0.1, 0.15) is 30.4 Å². The van der Waals surface area contributed by atoms with Crippen LogP contribution in [0.4, 0.5) is 5.69 Å². The molecule has 2 heterocycles. The zero-order chi connectivity index (χ0) is 18.0. The molecule has 0 bridgehead atoms. The largest absolute Gasteiger partial charge is 0.342 e.